The molecule has 1 heterocycles. The quantitative estimate of drug-likeness (QED) is 0.224. The Bertz CT molecular complexity index is 1100. The molecule has 0 aliphatic rings. The van der Waals surface area contributed by atoms with Gasteiger partial charge in [-0.3, -0.25) is 4.57 Å². The number of benzene rings is 3. The standard InChI is InChI=1S/C22H20N6O.HI/c23-22(24-15-21-27-25-16-28(21)18-9-3-1-4-10-18)26-17-8-7-13-20(14-17)29-19-11-5-2-6-12-19;/h1-14,16H,15H2,(H3,23,24,26);1H. The molecule has 4 rings (SSSR count). The van der Waals surface area contributed by atoms with E-state index in [0.29, 0.717) is 18.1 Å². The summed E-state index contributed by atoms with van der Waals surface area (Å²) in [6.45, 7) is 0.300. The van der Waals surface area contributed by atoms with Crippen molar-refractivity contribution in [1.82, 2.24) is 14.8 Å². The van der Waals surface area contributed by atoms with Crippen molar-refractivity contribution in [2.45, 2.75) is 6.54 Å². The van der Waals surface area contributed by atoms with E-state index in [-0.39, 0.29) is 29.9 Å². The van der Waals surface area contributed by atoms with Gasteiger partial charge in [-0.2, -0.15) is 0 Å². The highest BCUT2D eigenvalue weighted by Gasteiger charge is 2.06. The summed E-state index contributed by atoms with van der Waals surface area (Å²) in [7, 11) is 0. The van der Waals surface area contributed by atoms with E-state index in [0.717, 1.165) is 17.1 Å². The van der Waals surface area contributed by atoms with Crippen LogP contribution in [0.2, 0.25) is 0 Å². The van der Waals surface area contributed by atoms with Crippen LogP contribution < -0.4 is 15.8 Å². The number of anilines is 1. The molecule has 152 valence electrons. The predicted octanol–water partition coefficient (Wildman–Crippen LogP) is 4.60. The fourth-order valence-corrected chi connectivity index (χ4v) is 2.78. The zero-order chi connectivity index (χ0) is 19.9. The lowest BCUT2D eigenvalue weighted by molar-refractivity contribution is 0.483. The van der Waals surface area contributed by atoms with Crippen LogP contribution in [0.4, 0.5) is 5.69 Å². The van der Waals surface area contributed by atoms with Crippen molar-refractivity contribution in [1.29, 1.82) is 0 Å². The maximum atomic E-state index is 6.05. The van der Waals surface area contributed by atoms with Gasteiger partial charge in [0, 0.05) is 17.4 Å². The fraction of sp³-hybridized carbons (Fsp3) is 0.0455. The third kappa shape index (κ3) is 5.57. The van der Waals surface area contributed by atoms with E-state index in [1.807, 2.05) is 89.5 Å². The van der Waals surface area contributed by atoms with E-state index in [9.17, 15) is 0 Å². The van der Waals surface area contributed by atoms with Gasteiger partial charge < -0.3 is 15.8 Å². The van der Waals surface area contributed by atoms with Crippen molar-refractivity contribution in [3.63, 3.8) is 0 Å². The van der Waals surface area contributed by atoms with Gasteiger partial charge in [-0.1, -0.05) is 42.5 Å². The summed E-state index contributed by atoms with van der Waals surface area (Å²) in [6.07, 6.45) is 1.66. The molecular formula is C22H21IN6O. The maximum Gasteiger partial charge on any atom is 0.193 e. The van der Waals surface area contributed by atoms with Crippen molar-refractivity contribution in [3.05, 3.63) is 97.1 Å². The first-order chi connectivity index (χ1) is 14.3. The molecule has 3 aromatic carbocycles. The van der Waals surface area contributed by atoms with Crippen LogP contribution in [0.25, 0.3) is 5.69 Å². The third-order valence-corrected chi connectivity index (χ3v) is 4.13. The zero-order valence-corrected chi connectivity index (χ0v) is 18.4. The summed E-state index contributed by atoms with van der Waals surface area (Å²) in [5.74, 6) is 2.45. The van der Waals surface area contributed by atoms with Crippen LogP contribution in [-0.2, 0) is 6.54 Å². The SMILES string of the molecule is I.NC(=NCc1nncn1-c1ccccc1)Nc1cccc(Oc2ccccc2)c1. The molecule has 0 aliphatic heterocycles. The van der Waals surface area contributed by atoms with Crippen LogP contribution in [0.1, 0.15) is 5.82 Å². The normalized spacial score (nSPS) is 10.9. The number of rotatable bonds is 6. The molecule has 0 bridgehead atoms. The average molecular weight is 512 g/mol. The number of nitrogens with zero attached hydrogens (tertiary/aromatic N) is 4. The van der Waals surface area contributed by atoms with E-state index >= 15 is 0 Å². The van der Waals surface area contributed by atoms with E-state index < -0.39 is 0 Å². The van der Waals surface area contributed by atoms with E-state index in [1.54, 1.807) is 6.33 Å². The number of nitrogens with one attached hydrogen (secondary N) is 1. The van der Waals surface area contributed by atoms with Crippen molar-refractivity contribution in [3.8, 4) is 17.2 Å². The van der Waals surface area contributed by atoms with E-state index in [4.69, 9.17) is 10.5 Å². The molecule has 0 radical (unpaired) electrons. The number of hydrogen-bond donors (Lipinski definition) is 2. The summed E-state index contributed by atoms with van der Waals surface area (Å²) in [5.41, 5.74) is 7.81. The van der Waals surface area contributed by atoms with Gasteiger partial charge in [-0.15, -0.1) is 34.2 Å². The number of halogens is 1. The van der Waals surface area contributed by atoms with Crippen molar-refractivity contribution in [2.24, 2.45) is 10.7 Å². The average Bonchev–Trinajstić information content (AvgIpc) is 3.23. The van der Waals surface area contributed by atoms with Gasteiger partial charge in [-0.25, -0.2) is 4.99 Å². The van der Waals surface area contributed by atoms with Crippen LogP contribution in [0.15, 0.2) is 96.2 Å². The lowest BCUT2D eigenvalue weighted by atomic mass is 10.3. The molecule has 0 spiro atoms. The highest BCUT2D eigenvalue weighted by Crippen LogP contribution is 2.23. The third-order valence-electron chi connectivity index (χ3n) is 4.13. The molecule has 8 heteroatoms. The largest absolute Gasteiger partial charge is 0.457 e. The molecule has 0 atom stereocenters. The van der Waals surface area contributed by atoms with Gasteiger partial charge in [-0.05, 0) is 36.4 Å². The topological polar surface area (TPSA) is 90.4 Å². The predicted molar refractivity (Wildman–Crippen MR) is 129 cm³/mol. The minimum atomic E-state index is 0. The molecule has 7 nitrogen and oxygen atoms in total. The molecular weight excluding hydrogens is 491 g/mol. The van der Waals surface area contributed by atoms with Crippen LogP contribution in [-0.4, -0.2) is 20.7 Å². The number of guanidine groups is 1. The number of aromatic nitrogens is 3. The lowest BCUT2D eigenvalue weighted by Crippen LogP contribution is -2.22. The van der Waals surface area contributed by atoms with Gasteiger partial charge in [0.25, 0.3) is 0 Å². The van der Waals surface area contributed by atoms with Gasteiger partial charge in [0.1, 0.15) is 24.4 Å². The second-order valence-electron chi connectivity index (χ2n) is 6.22. The zero-order valence-electron chi connectivity index (χ0n) is 16.1. The Hall–Kier alpha value is -3.40. The Kier molecular flexibility index (Phi) is 7.39. The number of hydrogen-bond acceptors (Lipinski definition) is 4. The molecule has 0 fully saturated rings. The summed E-state index contributed by atoms with van der Waals surface area (Å²) in [4.78, 5) is 4.38. The molecule has 0 amide bonds. The number of para-hydroxylation sites is 2. The van der Waals surface area contributed by atoms with Crippen molar-refractivity contribution >= 4 is 35.6 Å². The number of nitrogens with two attached hydrogens (primary N) is 1. The highest BCUT2D eigenvalue weighted by atomic mass is 127. The number of ether oxygens (including phenoxy) is 1. The molecule has 0 saturated heterocycles. The van der Waals surface area contributed by atoms with Crippen LogP contribution in [0.5, 0.6) is 11.5 Å². The highest BCUT2D eigenvalue weighted by molar-refractivity contribution is 14.0. The Balaban J connectivity index is 0.00000256. The minimum absolute atomic E-state index is 0. The van der Waals surface area contributed by atoms with Crippen LogP contribution >= 0.6 is 24.0 Å². The fourth-order valence-electron chi connectivity index (χ4n) is 2.78. The molecule has 3 N–H and O–H groups in total. The van der Waals surface area contributed by atoms with Gasteiger partial charge in [0.15, 0.2) is 11.8 Å². The van der Waals surface area contributed by atoms with Gasteiger partial charge in [0.05, 0.1) is 0 Å². The molecule has 0 aliphatic carbocycles. The number of aliphatic imine (C=N–C) groups is 1. The molecule has 0 unspecified atom stereocenters. The summed E-state index contributed by atoms with van der Waals surface area (Å²) in [6, 6.07) is 27.0. The molecule has 4 aromatic rings. The first-order valence-electron chi connectivity index (χ1n) is 9.12. The van der Waals surface area contributed by atoms with Gasteiger partial charge in [0.2, 0.25) is 0 Å². The monoisotopic (exact) mass is 512 g/mol. The summed E-state index contributed by atoms with van der Waals surface area (Å²) < 4.78 is 7.72. The lowest BCUT2D eigenvalue weighted by Gasteiger charge is -2.09. The Morgan fingerprint density at radius 2 is 1.63 bits per heavy atom. The maximum absolute atomic E-state index is 6.05. The summed E-state index contributed by atoms with van der Waals surface area (Å²) >= 11 is 0. The van der Waals surface area contributed by atoms with Gasteiger partial charge >= 0.3 is 0 Å². The summed E-state index contributed by atoms with van der Waals surface area (Å²) in [5, 5.41) is 11.2. The second kappa shape index (κ2) is 10.4. The first kappa shape index (κ1) is 21.3. The molecule has 0 saturated carbocycles. The van der Waals surface area contributed by atoms with Crippen LogP contribution in [0, 0.1) is 0 Å². The minimum Gasteiger partial charge on any atom is -0.457 e. The molecule has 1 aromatic heterocycles. The Morgan fingerprint density at radius 1 is 0.933 bits per heavy atom. The van der Waals surface area contributed by atoms with Crippen molar-refractivity contribution < 1.29 is 4.74 Å². The Labute approximate surface area is 191 Å². The molecule has 30 heavy (non-hydrogen) atoms. The first-order valence-corrected chi connectivity index (χ1v) is 9.12. The second-order valence-corrected chi connectivity index (χ2v) is 6.22. The Morgan fingerprint density at radius 3 is 2.40 bits per heavy atom. The van der Waals surface area contributed by atoms with Crippen molar-refractivity contribution in [2.75, 3.05) is 5.32 Å². The van der Waals surface area contributed by atoms with E-state index in [1.165, 1.54) is 0 Å². The van der Waals surface area contributed by atoms with Crippen LogP contribution in [0.3, 0.4) is 0 Å². The van der Waals surface area contributed by atoms with E-state index in [2.05, 4.69) is 20.5 Å². The smallest absolute Gasteiger partial charge is 0.193 e.